The molecule has 1 fully saturated rings. The lowest BCUT2D eigenvalue weighted by Crippen LogP contribution is -2.42. The van der Waals surface area contributed by atoms with E-state index in [9.17, 15) is 22.8 Å². The van der Waals surface area contributed by atoms with Gasteiger partial charge in [-0.15, -0.1) is 0 Å². The number of carboxylic acids is 1. The molecule has 0 saturated heterocycles. The Bertz CT molecular complexity index is 315. The first-order chi connectivity index (χ1) is 8.29. The highest BCUT2D eigenvalue weighted by Crippen LogP contribution is 2.32. The third-order valence-electron chi connectivity index (χ3n) is 2.42. The van der Waals surface area contributed by atoms with Crippen LogP contribution in [0.15, 0.2) is 0 Å². The molecule has 0 spiro atoms. The summed E-state index contributed by atoms with van der Waals surface area (Å²) in [6.45, 7) is -1.80. The van der Waals surface area contributed by atoms with Crippen LogP contribution >= 0.6 is 0 Å². The molecule has 1 saturated carbocycles. The zero-order valence-electron chi connectivity index (χ0n) is 9.50. The van der Waals surface area contributed by atoms with E-state index in [0.717, 1.165) is 12.8 Å². The van der Waals surface area contributed by atoms with E-state index >= 15 is 0 Å². The van der Waals surface area contributed by atoms with Crippen LogP contribution in [0.1, 0.15) is 19.3 Å². The molecule has 0 aromatic carbocycles. The van der Waals surface area contributed by atoms with Crippen molar-refractivity contribution in [1.29, 1.82) is 0 Å². The first-order valence-corrected chi connectivity index (χ1v) is 5.46. The van der Waals surface area contributed by atoms with Crippen molar-refractivity contribution in [3.05, 3.63) is 0 Å². The van der Waals surface area contributed by atoms with Gasteiger partial charge < -0.3 is 15.2 Å². The number of aliphatic carboxylic acids is 1. The number of rotatable bonds is 7. The van der Waals surface area contributed by atoms with Gasteiger partial charge in [0.25, 0.3) is 0 Å². The molecule has 1 unspecified atom stereocenters. The van der Waals surface area contributed by atoms with Crippen molar-refractivity contribution in [2.45, 2.75) is 31.5 Å². The number of ether oxygens (including phenoxy) is 1. The average Bonchev–Trinajstić information content (AvgIpc) is 3.03. The third kappa shape index (κ3) is 5.85. The first-order valence-electron chi connectivity index (χ1n) is 5.46. The molecule has 0 heterocycles. The molecule has 104 valence electrons. The maximum atomic E-state index is 11.7. The molecule has 1 aliphatic carbocycles. The maximum absolute atomic E-state index is 11.7. The van der Waals surface area contributed by atoms with Gasteiger partial charge in [-0.25, -0.2) is 4.79 Å². The maximum Gasteiger partial charge on any atom is 0.411 e. The Hall–Kier alpha value is -1.31. The fourth-order valence-corrected chi connectivity index (χ4v) is 1.41. The Morgan fingerprint density at radius 2 is 2.00 bits per heavy atom. The normalized spacial score (nSPS) is 17.3. The fourth-order valence-electron chi connectivity index (χ4n) is 1.41. The topological polar surface area (TPSA) is 75.6 Å². The van der Waals surface area contributed by atoms with Gasteiger partial charge in [0.15, 0.2) is 0 Å². The Balaban J connectivity index is 2.18. The van der Waals surface area contributed by atoms with Crippen molar-refractivity contribution in [2.75, 3.05) is 13.2 Å². The summed E-state index contributed by atoms with van der Waals surface area (Å²) < 4.78 is 39.4. The van der Waals surface area contributed by atoms with Gasteiger partial charge in [0, 0.05) is 6.42 Å². The smallest absolute Gasteiger partial charge is 0.411 e. The monoisotopic (exact) mass is 269 g/mol. The van der Waals surface area contributed by atoms with Crippen LogP contribution in [0.5, 0.6) is 0 Å². The molecule has 1 amide bonds. The highest BCUT2D eigenvalue weighted by molar-refractivity contribution is 5.84. The molecule has 0 aromatic heterocycles. The molecule has 8 heteroatoms. The van der Waals surface area contributed by atoms with Crippen molar-refractivity contribution >= 4 is 11.9 Å². The zero-order valence-corrected chi connectivity index (χ0v) is 9.50. The average molecular weight is 269 g/mol. The molecule has 2 N–H and O–H groups in total. The lowest BCUT2D eigenvalue weighted by molar-refractivity contribution is -0.174. The second-order valence-electron chi connectivity index (χ2n) is 4.14. The van der Waals surface area contributed by atoms with Crippen molar-refractivity contribution < 1.29 is 32.6 Å². The van der Waals surface area contributed by atoms with Gasteiger partial charge in [0.1, 0.15) is 12.6 Å². The Kier molecular flexibility index (Phi) is 4.94. The van der Waals surface area contributed by atoms with Crippen LogP contribution in [-0.2, 0) is 14.3 Å². The van der Waals surface area contributed by atoms with Crippen LogP contribution in [0.3, 0.4) is 0 Å². The number of nitrogens with one attached hydrogen (secondary N) is 1. The fraction of sp³-hybridized carbons (Fsp3) is 0.800. The second-order valence-corrected chi connectivity index (χ2v) is 4.14. The Morgan fingerprint density at radius 3 is 2.44 bits per heavy atom. The summed E-state index contributed by atoms with van der Waals surface area (Å²) in [5.41, 5.74) is 0. The standard InChI is InChI=1S/C10H14F3NO4/c11-10(12,13)5-18-4-3-7(15)14-8(9(16)17)6-1-2-6/h6,8H,1-5H2,(H,14,15)(H,16,17). The number of carboxylic acid groups (broad SMARTS) is 1. The highest BCUT2D eigenvalue weighted by atomic mass is 19.4. The molecule has 0 bridgehead atoms. The Labute approximate surface area is 101 Å². The predicted octanol–water partition coefficient (Wildman–Crippen LogP) is 0.935. The largest absolute Gasteiger partial charge is 0.480 e. The molecule has 1 rings (SSSR count). The van der Waals surface area contributed by atoms with Crippen LogP contribution in [0.25, 0.3) is 0 Å². The van der Waals surface area contributed by atoms with E-state index in [4.69, 9.17) is 5.11 Å². The van der Waals surface area contributed by atoms with E-state index < -0.39 is 30.7 Å². The van der Waals surface area contributed by atoms with Crippen LogP contribution < -0.4 is 5.32 Å². The number of alkyl halides is 3. The lowest BCUT2D eigenvalue weighted by atomic mass is 10.2. The van der Waals surface area contributed by atoms with E-state index in [1.54, 1.807) is 0 Å². The van der Waals surface area contributed by atoms with Crippen molar-refractivity contribution in [1.82, 2.24) is 5.32 Å². The molecule has 1 aliphatic rings. The molecule has 0 aromatic rings. The summed E-state index contributed by atoms with van der Waals surface area (Å²) in [5, 5.41) is 11.1. The number of hydrogen-bond donors (Lipinski definition) is 2. The Morgan fingerprint density at radius 1 is 1.39 bits per heavy atom. The summed E-state index contributed by atoms with van der Waals surface area (Å²) in [4.78, 5) is 22.1. The SMILES string of the molecule is O=C(CCOCC(F)(F)F)NC(C(=O)O)C1CC1. The lowest BCUT2D eigenvalue weighted by Gasteiger charge is -2.13. The van der Waals surface area contributed by atoms with Gasteiger partial charge in [0.05, 0.1) is 6.61 Å². The number of carbonyl (C=O) groups excluding carboxylic acids is 1. The van der Waals surface area contributed by atoms with Crippen molar-refractivity contribution in [3.63, 3.8) is 0 Å². The van der Waals surface area contributed by atoms with Gasteiger partial charge in [-0.05, 0) is 18.8 Å². The highest BCUT2D eigenvalue weighted by Gasteiger charge is 2.37. The predicted molar refractivity (Wildman–Crippen MR) is 53.8 cm³/mol. The molecule has 18 heavy (non-hydrogen) atoms. The molecular weight excluding hydrogens is 255 g/mol. The van der Waals surface area contributed by atoms with Crippen LogP contribution in [0.2, 0.25) is 0 Å². The van der Waals surface area contributed by atoms with E-state index in [1.165, 1.54) is 0 Å². The van der Waals surface area contributed by atoms with Gasteiger partial charge in [-0.1, -0.05) is 0 Å². The van der Waals surface area contributed by atoms with Crippen LogP contribution in [0.4, 0.5) is 13.2 Å². The summed E-state index contributed by atoms with van der Waals surface area (Å²) in [6.07, 6.45) is -3.23. The number of amides is 1. The van der Waals surface area contributed by atoms with Crippen molar-refractivity contribution in [2.24, 2.45) is 5.92 Å². The van der Waals surface area contributed by atoms with Gasteiger partial charge in [0.2, 0.25) is 5.91 Å². The number of hydrogen-bond acceptors (Lipinski definition) is 3. The van der Waals surface area contributed by atoms with Gasteiger partial charge >= 0.3 is 12.1 Å². The third-order valence-corrected chi connectivity index (χ3v) is 2.42. The molecule has 5 nitrogen and oxygen atoms in total. The minimum absolute atomic E-state index is 0.0671. The van der Waals surface area contributed by atoms with Gasteiger partial charge in [-0.3, -0.25) is 4.79 Å². The number of halogens is 3. The second kappa shape index (κ2) is 6.03. The summed E-state index contributed by atoms with van der Waals surface area (Å²) in [5.74, 6) is -1.80. The molecule has 0 aliphatic heterocycles. The van der Waals surface area contributed by atoms with Gasteiger partial charge in [-0.2, -0.15) is 13.2 Å². The summed E-state index contributed by atoms with van der Waals surface area (Å²) in [7, 11) is 0. The minimum atomic E-state index is -4.42. The summed E-state index contributed by atoms with van der Waals surface area (Å²) >= 11 is 0. The minimum Gasteiger partial charge on any atom is -0.480 e. The zero-order chi connectivity index (χ0) is 13.8. The van der Waals surface area contributed by atoms with Crippen molar-refractivity contribution in [3.8, 4) is 0 Å². The van der Waals surface area contributed by atoms with E-state index in [1.807, 2.05) is 0 Å². The quantitative estimate of drug-likeness (QED) is 0.674. The van der Waals surface area contributed by atoms with Crippen LogP contribution in [0, 0.1) is 5.92 Å². The number of carbonyl (C=O) groups is 2. The summed E-state index contributed by atoms with van der Waals surface area (Å²) in [6, 6.07) is -0.944. The molecular formula is C10H14F3NO4. The molecule has 0 radical (unpaired) electrons. The first kappa shape index (κ1) is 14.7. The van der Waals surface area contributed by atoms with E-state index in [-0.39, 0.29) is 18.9 Å². The van der Waals surface area contributed by atoms with E-state index in [2.05, 4.69) is 10.1 Å². The van der Waals surface area contributed by atoms with Crippen LogP contribution in [-0.4, -0.2) is 42.4 Å². The van der Waals surface area contributed by atoms with E-state index in [0.29, 0.717) is 0 Å². The molecule has 1 atom stereocenters.